The minimum atomic E-state index is 0.349. The van der Waals surface area contributed by atoms with Gasteiger partial charge in [0, 0.05) is 39.0 Å². The van der Waals surface area contributed by atoms with Gasteiger partial charge in [-0.25, -0.2) is 0 Å². The zero-order chi connectivity index (χ0) is 19.4. The molecule has 27 heavy (non-hydrogen) atoms. The van der Waals surface area contributed by atoms with Gasteiger partial charge in [-0.3, -0.25) is 4.90 Å². The third-order valence-corrected chi connectivity index (χ3v) is 5.96. The average molecular weight is 384 g/mol. The van der Waals surface area contributed by atoms with Gasteiger partial charge in [0.25, 0.3) is 0 Å². The van der Waals surface area contributed by atoms with Gasteiger partial charge < -0.3 is 10.2 Å². The van der Waals surface area contributed by atoms with E-state index in [0.717, 1.165) is 31.9 Å². The molecule has 4 rings (SSSR count). The van der Waals surface area contributed by atoms with E-state index in [2.05, 4.69) is 84.3 Å². The van der Waals surface area contributed by atoms with Crippen molar-refractivity contribution >= 4 is 18.2 Å². The van der Waals surface area contributed by atoms with Crippen molar-refractivity contribution in [3.05, 3.63) is 64.9 Å². The van der Waals surface area contributed by atoms with Crippen LogP contribution in [0.15, 0.2) is 48.2 Å². The molecule has 0 radical (unpaired) electrons. The third-order valence-electron chi connectivity index (χ3n) is 5.62. The van der Waals surface area contributed by atoms with E-state index in [1.807, 2.05) is 13.8 Å². The van der Waals surface area contributed by atoms with E-state index in [0.29, 0.717) is 12.1 Å². The summed E-state index contributed by atoms with van der Waals surface area (Å²) < 4.78 is 0. The largest absolute Gasteiger partial charge is 0.371 e. The average Bonchev–Trinajstić information content (AvgIpc) is 2.85. The molecule has 146 valence electrons. The van der Waals surface area contributed by atoms with E-state index < -0.39 is 0 Å². The molecule has 2 heterocycles. The predicted molar refractivity (Wildman–Crippen MR) is 120 cm³/mol. The zero-order valence-corrected chi connectivity index (χ0v) is 18.0. The molecule has 0 saturated carbocycles. The van der Waals surface area contributed by atoms with Crippen LogP contribution in [0.25, 0.3) is 5.57 Å². The summed E-state index contributed by atoms with van der Waals surface area (Å²) >= 11 is 4.66. The Kier molecular flexibility index (Phi) is 6.85. The molecular weight excluding hydrogens is 350 g/mol. The summed E-state index contributed by atoms with van der Waals surface area (Å²) in [7, 11) is 2.21. The Morgan fingerprint density at radius 1 is 1.15 bits per heavy atom. The summed E-state index contributed by atoms with van der Waals surface area (Å²) in [6.07, 6.45) is 9.02. The number of likely N-dealkylation sites (N-methyl/N-ethyl adjacent to an activating group) is 1. The van der Waals surface area contributed by atoms with E-state index in [1.165, 1.54) is 27.8 Å². The molecule has 1 saturated heterocycles. The molecular formula is C23H33N3S. The van der Waals surface area contributed by atoms with Gasteiger partial charge in [0.15, 0.2) is 0 Å². The fourth-order valence-electron chi connectivity index (χ4n) is 4.40. The highest BCUT2D eigenvalue weighted by atomic mass is 32.1. The van der Waals surface area contributed by atoms with Crippen molar-refractivity contribution in [2.24, 2.45) is 0 Å². The van der Waals surface area contributed by atoms with Crippen molar-refractivity contribution in [2.75, 3.05) is 39.0 Å². The van der Waals surface area contributed by atoms with Crippen LogP contribution in [0.2, 0.25) is 0 Å². The maximum Gasteiger partial charge on any atom is 0.0731 e. The Morgan fingerprint density at radius 3 is 2.59 bits per heavy atom. The van der Waals surface area contributed by atoms with Crippen molar-refractivity contribution in [1.82, 2.24) is 15.1 Å². The first-order valence-corrected chi connectivity index (χ1v) is 10.8. The molecule has 1 aliphatic carbocycles. The Morgan fingerprint density at radius 2 is 1.89 bits per heavy atom. The number of nitrogens with one attached hydrogen (secondary N) is 1. The molecule has 3 nitrogen and oxygen atoms in total. The lowest BCUT2D eigenvalue weighted by molar-refractivity contribution is 0.119. The van der Waals surface area contributed by atoms with Crippen molar-refractivity contribution in [1.29, 1.82) is 0 Å². The molecule has 4 heteroatoms. The molecule has 1 aromatic rings. The summed E-state index contributed by atoms with van der Waals surface area (Å²) in [4.78, 5) is 5.04. The number of thiol groups is 1. The lowest BCUT2D eigenvalue weighted by Gasteiger charge is -2.44. The summed E-state index contributed by atoms with van der Waals surface area (Å²) in [6.45, 7) is 10.5. The minimum absolute atomic E-state index is 0.349. The first-order valence-electron chi connectivity index (χ1n) is 10.2. The fourth-order valence-corrected chi connectivity index (χ4v) is 4.66. The molecule has 2 unspecified atom stereocenters. The van der Waals surface area contributed by atoms with Crippen molar-refractivity contribution in [3.8, 4) is 0 Å². The second-order valence-corrected chi connectivity index (χ2v) is 7.58. The van der Waals surface area contributed by atoms with Gasteiger partial charge in [0.2, 0.25) is 0 Å². The van der Waals surface area contributed by atoms with Crippen LogP contribution in [0.3, 0.4) is 0 Å². The number of benzene rings is 1. The van der Waals surface area contributed by atoms with Gasteiger partial charge in [-0.15, -0.1) is 0 Å². The quantitative estimate of drug-likeness (QED) is 0.751. The third kappa shape index (κ3) is 4.03. The SMILES string of the molecule is CC.Cc1ccc2c(c1)C(CS)=CC1=CC=CN(C)C1C2N1CCNCC1. The number of hydrogen-bond acceptors (Lipinski definition) is 4. The molecule has 1 fully saturated rings. The van der Waals surface area contributed by atoms with Crippen molar-refractivity contribution in [2.45, 2.75) is 32.9 Å². The topological polar surface area (TPSA) is 18.5 Å². The number of rotatable bonds is 2. The van der Waals surface area contributed by atoms with Gasteiger partial charge in [-0.1, -0.05) is 49.8 Å². The van der Waals surface area contributed by atoms with E-state index >= 15 is 0 Å². The van der Waals surface area contributed by atoms with Gasteiger partial charge in [-0.2, -0.15) is 12.6 Å². The fraction of sp³-hybridized carbons (Fsp3) is 0.478. The Bertz CT molecular complexity index is 744. The van der Waals surface area contributed by atoms with E-state index in [9.17, 15) is 0 Å². The number of allylic oxidation sites excluding steroid dienone is 2. The highest BCUT2D eigenvalue weighted by molar-refractivity contribution is 7.80. The van der Waals surface area contributed by atoms with Crippen LogP contribution in [-0.4, -0.2) is 54.8 Å². The lowest BCUT2D eigenvalue weighted by Crippen LogP contribution is -2.51. The van der Waals surface area contributed by atoms with Crippen molar-refractivity contribution < 1.29 is 0 Å². The second kappa shape index (κ2) is 9.13. The molecule has 3 aliphatic rings. The Balaban J connectivity index is 0.00000102. The van der Waals surface area contributed by atoms with Crippen LogP contribution in [0.5, 0.6) is 0 Å². The van der Waals surface area contributed by atoms with E-state index in [1.54, 1.807) is 0 Å². The van der Waals surface area contributed by atoms with Crippen LogP contribution >= 0.6 is 12.6 Å². The van der Waals surface area contributed by atoms with Gasteiger partial charge in [0.05, 0.1) is 12.1 Å². The first kappa shape index (κ1) is 20.2. The van der Waals surface area contributed by atoms with Gasteiger partial charge in [0.1, 0.15) is 0 Å². The lowest BCUT2D eigenvalue weighted by atomic mass is 9.88. The number of piperazine rings is 1. The van der Waals surface area contributed by atoms with Gasteiger partial charge in [-0.05, 0) is 41.5 Å². The van der Waals surface area contributed by atoms with E-state index in [-0.39, 0.29) is 0 Å². The van der Waals surface area contributed by atoms with Crippen LogP contribution in [-0.2, 0) is 0 Å². The van der Waals surface area contributed by atoms with E-state index in [4.69, 9.17) is 0 Å². The molecule has 0 spiro atoms. The highest BCUT2D eigenvalue weighted by Crippen LogP contribution is 2.41. The van der Waals surface area contributed by atoms with Crippen LogP contribution < -0.4 is 5.32 Å². The first-order chi connectivity index (χ1) is 13.2. The number of aryl methyl sites for hydroxylation is 1. The molecule has 0 bridgehead atoms. The Hall–Kier alpha value is -1.49. The normalized spacial score (nSPS) is 24.7. The standard InChI is InChI=1S/C21H27N3S.C2H6/c1-15-5-6-18-19(12-15)17(14-25)13-16-4-3-9-23(2)20(16)21(18)24-10-7-22-8-11-24;1-2/h3-6,9,12-13,20-22,25H,7-8,10-11,14H2,1-2H3;1-2H3. The molecule has 2 aliphatic heterocycles. The smallest absolute Gasteiger partial charge is 0.0731 e. The molecule has 2 atom stereocenters. The molecule has 0 amide bonds. The monoisotopic (exact) mass is 383 g/mol. The summed E-state index contributed by atoms with van der Waals surface area (Å²) in [5, 5.41) is 3.50. The summed E-state index contributed by atoms with van der Waals surface area (Å²) in [6, 6.07) is 7.67. The number of hydrogen-bond donors (Lipinski definition) is 2. The number of nitrogens with zero attached hydrogens (tertiary/aromatic N) is 2. The molecule has 1 N–H and O–H groups in total. The summed E-state index contributed by atoms with van der Waals surface area (Å²) in [5.41, 5.74) is 6.87. The molecule has 0 aromatic heterocycles. The zero-order valence-electron chi connectivity index (χ0n) is 17.1. The maximum absolute atomic E-state index is 4.66. The highest BCUT2D eigenvalue weighted by Gasteiger charge is 2.37. The van der Waals surface area contributed by atoms with Gasteiger partial charge >= 0.3 is 0 Å². The van der Waals surface area contributed by atoms with Crippen LogP contribution in [0, 0.1) is 6.92 Å². The predicted octanol–water partition coefficient (Wildman–Crippen LogP) is 4.05. The van der Waals surface area contributed by atoms with Crippen molar-refractivity contribution in [3.63, 3.8) is 0 Å². The second-order valence-electron chi connectivity index (χ2n) is 7.27. The summed E-state index contributed by atoms with van der Waals surface area (Å²) in [5.74, 6) is 0.766. The number of fused-ring (bicyclic) bond motifs is 2. The molecule has 1 aromatic carbocycles. The Labute approximate surface area is 170 Å². The maximum atomic E-state index is 4.66. The minimum Gasteiger partial charge on any atom is -0.371 e. The van der Waals surface area contributed by atoms with Crippen LogP contribution in [0.1, 0.15) is 36.6 Å². The van der Waals surface area contributed by atoms with Crippen LogP contribution in [0.4, 0.5) is 0 Å².